The molecule has 0 spiro atoms. The third-order valence-corrected chi connectivity index (χ3v) is 7.37. The largest absolute Gasteiger partial charge is 0.435 e. The van der Waals surface area contributed by atoms with Gasteiger partial charge in [0.05, 0.1) is 11.1 Å². The topological polar surface area (TPSA) is 24.5 Å². The zero-order chi connectivity index (χ0) is 27.7. The minimum Gasteiger partial charge on any atom is -0.435 e. The highest BCUT2D eigenvalue weighted by Gasteiger charge is 2.24. The van der Waals surface area contributed by atoms with Crippen LogP contribution < -0.4 is 9.47 Å². The van der Waals surface area contributed by atoms with Crippen LogP contribution in [0.3, 0.4) is 0 Å². The lowest BCUT2D eigenvalue weighted by Crippen LogP contribution is -2.22. The number of ether oxygens (including phenoxy) is 2. The summed E-state index contributed by atoms with van der Waals surface area (Å²) in [6.45, 7) is 16.0. The van der Waals surface area contributed by atoms with Crippen molar-refractivity contribution in [3.63, 3.8) is 0 Å². The van der Waals surface area contributed by atoms with Crippen LogP contribution in [0.25, 0.3) is 0 Å². The van der Waals surface area contributed by atoms with E-state index in [1.807, 2.05) is 0 Å². The molecule has 0 saturated heterocycles. The van der Waals surface area contributed by atoms with Gasteiger partial charge in [0.15, 0.2) is 12.4 Å². The molecule has 4 aromatic rings. The molecule has 6 rings (SSSR count). The number of fused-ring (bicyclic) bond motifs is 2. The van der Waals surface area contributed by atoms with Crippen molar-refractivity contribution in [3.8, 4) is 11.5 Å². The molecule has 0 aromatic heterocycles. The Morgan fingerprint density at radius 3 is 1.64 bits per heavy atom. The monoisotopic (exact) mass is 518 g/mol. The molecule has 0 unspecified atom stereocenters. The van der Waals surface area contributed by atoms with E-state index in [9.17, 15) is 0 Å². The van der Waals surface area contributed by atoms with Crippen LogP contribution in [0, 0.1) is 48.5 Å². The first kappa shape index (κ1) is 26.4. The van der Waals surface area contributed by atoms with Crippen LogP contribution in [0.5, 0.6) is 11.5 Å². The first-order chi connectivity index (χ1) is 18.7. The minimum absolute atomic E-state index is 0.572. The predicted octanol–water partition coefficient (Wildman–Crippen LogP) is 7.76. The lowest BCUT2D eigenvalue weighted by atomic mass is 10.0. The smallest absolute Gasteiger partial charge is 0.292 e. The lowest BCUT2D eigenvalue weighted by molar-refractivity contribution is -0.477. The maximum Gasteiger partial charge on any atom is 0.292 e. The van der Waals surface area contributed by atoms with E-state index in [1.165, 1.54) is 50.3 Å². The number of rotatable bonds is 2. The molecule has 0 fully saturated rings. The maximum atomic E-state index is 5.96. The molecule has 2 aliphatic rings. The second-order valence-corrected chi connectivity index (χ2v) is 10.8. The van der Waals surface area contributed by atoms with E-state index in [1.54, 1.807) is 0 Å². The fraction of sp³-hybridized carbons (Fsp3) is 0.257. The first-order valence-electron chi connectivity index (χ1n) is 13.5. The van der Waals surface area contributed by atoms with E-state index in [0.717, 1.165) is 22.6 Å². The van der Waals surface area contributed by atoms with Gasteiger partial charge in [-0.3, -0.25) is 0 Å². The number of aryl methyl sites for hydroxylation is 7. The van der Waals surface area contributed by atoms with Crippen molar-refractivity contribution in [3.05, 3.63) is 117 Å². The number of para-hydroxylation sites is 2. The quantitative estimate of drug-likeness (QED) is 0.253. The van der Waals surface area contributed by atoms with Crippen LogP contribution in [0.4, 0.5) is 11.4 Å². The molecule has 4 nitrogen and oxygen atoms in total. The van der Waals surface area contributed by atoms with Crippen LogP contribution in [0.1, 0.15) is 50.1 Å². The van der Waals surface area contributed by atoms with Crippen molar-refractivity contribution >= 4 is 23.8 Å². The molecule has 4 aromatic carbocycles. The van der Waals surface area contributed by atoms with Crippen molar-refractivity contribution in [2.45, 2.75) is 48.5 Å². The highest BCUT2D eigenvalue weighted by Crippen LogP contribution is 2.30. The zero-order valence-electron chi connectivity index (χ0n) is 24.1. The normalized spacial score (nSPS) is 13.5. The van der Waals surface area contributed by atoms with E-state index in [-0.39, 0.29) is 0 Å². The summed E-state index contributed by atoms with van der Waals surface area (Å²) in [5.41, 5.74) is 13.6. The van der Waals surface area contributed by atoms with Gasteiger partial charge in [0.2, 0.25) is 11.4 Å². The maximum absolute atomic E-state index is 5.96. The van der Waals surface area contributed by atoms with Gasteiger partial charge in [-0.25, -0.2) is 0 Å². The first-order valence-corrected chi connectivity index (χ1v) is 13.5. The van der Waals surface area contributed by atoms with E-state index in [4.69, 9.17) is 9.47 Å². The van der Waals surface area contributed by atoms with E-state index in [2.05, 4.69) is 137 Å². The summed E-state index contributed by atoms with van der Waals surface area (Å²) in [6.07, 6.45) is 4.37. The molecule has 4 heteroatoms. The molecule has 0 atom stereocenters. The molecule has 0 bridgehead atoms. The lowest BCUT2D eigenvalue weighted by Gasteiger charge is -2.17. The van der Waals surface area contributed by atoms with Crippen molar-refractivity contribution in [1.29, 1.82) is 0 Å². The van der Waals surface area contributed by atoms with Gasteiger partial charge < -0.3 is 9.47 Å². The Morgan fingerprint density at radius 2 is 1.05 bits per heavy atom. The van der Waals surface area contributed by atoms with Gasteiger partial charge in [0, 0.05) is 22.8 Å². The molecule has 198 valence electrons. The number of nitrogens with zero attached hydrogens (tertiary/aromatic N) is 2. The Hall–Kier alpha value is -4.18. The molecule has 0 N–H and O–H groups in total. The summed E-state index contributed by atoms with van der Waals surface area (Å²) in [7, 11) is 0. The minimum atomic E-state index is 0.572. The summed E-state index contributed by atoms with van der Waals surface area (Å²) in [4.78, 5) is 0. The SMILES string of the molecule is Cc1cc(C)c([N+]2=Cc3cccc(C)c3OC2)c(C)c1.Cc1ccc(C)c([N+]2=Cc3cccc(C)c3OC2)c1. The van der Waals surface area contributed by atoms with Crippen molar-refractivity contribution < 1.29 is 18.6 Å². The Balaban J connectivity index is 0.000000158. The van der Waals surface area contributed by atoms with E-state index in [0.29, 0.717) is 13.5 Å². The third-order valence-electron chi connectivity index (χ3n) is 7.37. The average molecular weight is 519 g/mol. The van der Waals surface area contributed by atoms with Crippen LogP contribution >= 0.6 is 0 Å². The number of hydrogen-bond acceptors (Lipinski definition) is 2. The predicted molar refractivity (Wildman–Crippen MR) is 160 cm³/mol. The standard InChI is InChI=1S/C18H20NO.C17H18NO/c1-12-8-14(3)17(15(4)9-12)19-10-16-7-5-6-13(2)18(16)20-11-19;1-12-7-8-13(2)16(9-12)18-10-15-6-4-5-14(3)17(15)19-11-18/h5-10H,11H2,1-4H3;4-10H,11H2,1-3H3/q2*+1. The molecule has 2 heterocycles. The van der Waals surface area contributed by atoms with Gasteiger partial charge >= 0.3 is 0 Å². The van der Waals surface area contributed by atoms with Crippen molar-refractivity contribution in [2.75, 3.05) is 13.5 Å². The number of benzene rings is 4. The van der Waals surface area contributed by atoms with Crippen LogP contribution in [0.2, 0.25) is 0 Å². The molecular formula is C35H38N2O2+2. The van der Waals surface area contributed by atoms with Gasteiger partial charge in [-0.1, -0.05) is 42.0 Å². The Labute approximate surface area is 232 Å². The molecule has 0 radical (unpaired) electrons. The van der Waals surface area contributed by atoms with Crippen molar-refractivity contribution in [2.24, 2.45) is 0 Å². The second-order valence-electron chi connectivity index (χ2n) is 10.8. The van der Waals surface area contributed by atoms with Crippen LogP contribution in [0.15, 0.2) is 66.7 Å². The number of hydrogen-bond donors (Lipinski definition) is 0. The van der Waals surface area contributed by atoms with Crippen LogP contribution in [-0.2, 0) is 0 Å². The Kier molecular flexibility index (Phi) is 7.38. The van der Waals surface area contributed by atoms with Gasteiger partial charge in [-0.05, 0) is 89.4 Å². The highest BCUT2D eigenvalue weighted by atomic mass is 16.5. The summed E-state index contributed by atoms with van der Waals surface area (Å²) < 4.78 is 16.2. The summed E-state index contributed by atoms with van der Waals surface area (Å²) in [6, 6.07) is 23.5. The fourth-order valence-corrected chi connectivity index (χ4v) is 5.55. The molecule has 2 aliphatic heterocycles. The molecule has 0 aliphatic carbocycles. The highest BCUT2D eigenvalue weighted by molar-refractivity contribution is 5.83. The van der Waals surface area contributed by atoms with E-state index < -0.39 is 0 Å². The Morgan fingerprint density at radius 1 is 0.513 bits per heavy atom. The van der Waals surface area contributed by atoms with Gasteiger partial charge in [0.25, 0.3) is 13.5 Å². The second kappa shape index (κ2) is 10.9. The van der Waals surface area contributed by atoms with Gasteiger partial charge in [0.1, 0.15) is 11.5 Å². The Bertz CT molecular complexity index is 1610. The summed E-state index contributed by atoms with van der Waals surface area (Å²) in [5.74, 6) is 2.01. The average Bonchev–Trinajstić information content (AvgIpc) is 2.90. The third kappa shape index (κ3) is 5.51. The van der Waals surface area contributed by atoms with Crippen molar-refractivity contribution in [1.82, 2.24) is 0 Å². The van der Waals surface area contributed by atoms with E-state index >= 15 is 0 Å². The van der Waals surface area contributed by atoms with Gasteiger partial charge in [-0.15, -0.1) is 0 Å². The molecule has 0 amide bonds. The molecule has 39 heavy (non-hydrogen) atoms. The molecule has 0 saturated carbocycles. The fourth-order valence-electron chi connectivity index (χ4n) is 5.55. The van der Waals surface area contributed by atoms with Gasteiger partial charge in [-0.2, -0.15) is 9.15 Å². The summed E-state index contributed by atoms with van der Waals surface area (Å²) in [5, 5.41) is 0. The zero-order valence-corrected chi connectivity index (χ0v) is 24.1. The summed E-state index contributed by atoms with van der Waals surface area (Å²) >= 11 is 0. The van der Waals surface area contributed by atoms with Crippen LogP contribution in [-0.4, -0.2) is 35.0 Å². The molecular weight excluding hydrogens is 480 g/mol.